The molecule has 124 valence electrons. The van der Waals surface area contributed by atoms with Crippen LogP contribution in [-0.2, 0) is 9.47 Å². The summed E-state index contributed by atoms with van der Waals surface area (Å²) in [7, 11) is 0. The fourth-order valence-electron chi connectivity index (χ4n) is 2.84. The van der Waals surface area contributed by atoms with E-state index in [1.807, 2.05) is 18.2 Å². The normalized spacial score (nSPS) is 16.4. The van der Waals surface area contributed by atoms with Gasteiger partial charge in [-0.1, -0.05) is 30.4 Å². The van der Waals surface area contributed by atoms with E-state index < -0.39 is 5.78 Å². The van der Waals surface area contributed by atoms with Crippen LogP contribution in [0, 0.1) is 0 Å². The number of H-pyrrole nitrogens is 1. The molecular weight excluding hydrogens is 318 g/mol. The Hall–Kier alpha value is -3.34. The van der Waals surface area contributed by atoms with Crippen LogP contribution in [-0.4, -0.2) is 10.8 Å². The second kappa shape index (κ2) is 6.28. The number of rotatable bonds is 3. The molecule has 0 saturated carbocycles. The maximum absolute atomic E-state index is 12.7. The predicted molar refractivity (Wildman–Crippen MR) is 93.7 cm³/mol. The zero-order valence-corrected chi connectivity index (χ0v) is 13.3. The number of nitrogens with one attached hydrogen (secondary N) is 1. The topological polar surface area (TPSA) is 68.4 Å². The van der Waals surface area contributed by atoms with Gasteiger partial charge in [0, 0.05) is 17.1 Å². The van der Waals surface area contributed by atoms with Gasteiger partial charge in [0.15, 0.2) is 5.76 Å². The molecule has 0 amide bonds. The Bertz CT molecular complexity index is 1040. The summed E-state index contributed by atoms with van der Waals surface area (Å²) < 4.78 is 11.0. The first-order chi connectivity index (χ1) is 12.2. The molecule has 0 atom stereocenters. The van der Waals surface area contributed by atoms with Crippen molar-refractivity contribution in [3.05, 3.63) is 94.1 Å². The van der Waals surface area contributed by atoms with Crippen LogP contribution in [0.4, 0.5) is 0 Å². The number of hydrogen-bond acceptors (Lipinski definition) is 4. The number of pyridine rings is 1. The molecular formula is C20H15NO4. The third-order valence-electron chi connectivity index (χ3n) is 4.16. The average Bonchev–Trinajstić information content (AvgIpc) is 2.69. The van der Waals surface area contributed by atoms with E-state index in [2.05, 4.69) is 11.1 Å². The Morgan fingerprint density at radius 1 is 1.16 bits per heavy atom. The number of ketones is 1. The number of ether oxygens (including phenoxy) is 2. The lowest BCUT2D eigenvalue weighted by molar-refractivity contribution is 0.0932. The van der Waals surface area contributed by atoms with Gasteiger partial charge in [0.2, 0.25) is 17.0 Å². The summed E-state index contributed by atoms with van der Waals surface area (Å²) >= 11 is 0. The summed E-state index contributed by atoms with van der Waals surface area (Å²) in [5.41, 5.74) is 1.32. The summed E-state index contributed by atoms with van der Waals surface area (Å²) in [6.45, 7) is 0. The lowest BCUT2D eigenvalue weighted by Gasteiger charge is -2.18. The van der Waals surface area contributed by atoms with Crippen LogP contribution in [0.25, 0.3) is 10.9 Å². The molecule has 0 spiro atoms. The second-order valence-electron chi connectivity index (χ2n) is 5.77. The van der Waals surface area contributed by atoms with Gasteiger partial charge >= 0.3 is 0 Å². The summed E-state index contributed by atoms with van der Waals surface area (Å²) in [6.07, 6.45) is 11.7. The maximum atomic E-state index is 12.7. The number of fused-ring (bicyclic) bond motifs is 1. The van der Waals surface area contributed by atoms with Crippen LogP contribution in [0.1, 0.15) is 23.2 Å². The molecule has 1 N–H and O–H groups in total. The summed E-state index contributed by atoms with van der Waals surface area (Å²) in [5.74, 6) is -0.0225. The maximum Gasteiger partial charge on any atom is 0.236 e. The first-order valence-corrected chi connectivity index (χ1v) is 7.99. The van der Waals surface area contributed by atoms with Crippen molar-refractivity contribution in [3.8, 4) is 0 Å². The van der Waals surface area contributed by atoms with Crippen LogP contribution in [0.2, 0.25) is 0 Å². The van der Waals surface area contributed by atoms with Gasteiger partial charge in [-0.2, -0.15) is 0 Å². The van der Waals surface area contributed by atoms with Gasteiger partial charge in [-0.15, -0.1) is 0 Å². The van der Waals surface area contributed by atoms with Crippen molar-refractivity contribution in [2.24, 2.45) is 0 Å². The van der Waals surface area contributed by atoms with E-state index in [9.17, 15) is 9.59 Å². The van der Waals surface area contributed by atoms with Crippen LogP contribution < -0.4 is 5.43 Å². The van der Waals surface area contributed by atoms with E-state index >= 15 is 0 Å². The Labute approximate surface area is 143 Å². The Morgan fingerprint density at radius 2 is 2.04 bits per heavy atom. The first kappa shape index (κ1) is 15.2. The highest BCUT2D eigenvalue weighted by Gasteiger charge is 2.24. The molecule has 1 aliphatic carbocycles. The second-order valence-corrected chi connectivity index (χ2v) is 5.77. The molecule has 5 nitrogen and oxygen atoms in total. The monoisotopic (exact) mass is 333 g/mol. The van der Waals surface area contributed by atoms with Crippen LogP contribution >= 0.6 is 0 Å². The number of para-hydroxylation sites is 1. The van der Waals surface area contributed by atoms with Gasteiger partial charge < -0.3 is 14.5 Å². The molecule has 0 radical (unpaired) electrons. The minimum Gasteiger partial charge on any atom is -0.465 e. The number of benzene rings is 1. The van der Waals surface area contributed by atoms with E-state index in [1.54, 1.807) is 18.2 Å². The third kappa shape index (κ3) is 2.80. The Kier molecular flexibility index (Phi) is 3.82. The van der Waals surface area contributed by atoms with Crippen molar-refractivity contribution in [1.82, 2.24) is 4.98 Å². The van der Waals surface area contributed by atoms with Crippen molar-refractivity contribution >= 4 is 16.7 Å². The minimum absolute atomic E-state index is 0.00580. The molecule has 25 heavy (non-hydrogen) atoms. The van der Waals surface area contributed by atoms with Gasteiger partial charge in [-0.3, -0.25) is 9.59 Å². The number of aromatic amines is 1. The molecule has 2 heterocycles. The van der Waals surface area contributed by atoms with Gasteiger partial charge in [-0.25, -0.2) is 0 Å². The molecule has 2 aromatic rings. The molecule has 0 unspecified atom stereocenters. The molecule has 4 rings (SSSR count). The number of hydrogen-bond donors (Lipinski definition) is 1. The molecule has 1 aromatic heterocycles. The zero-order valence-electron chi connectivity index (χ0n) is 13.3. The summed E-state index contributed by atoms with van der Waals surface area (Å²) in [5, 5.41) is 0.460. The van der Waals surface area contributed by atoms with E-state index in [1.165, 1.54) is 18.7 Å². The van der Waals surface area contributed by atoms with E-state index in [4.69, 9.17) is 9.47 Å². The van der Waals surface area contributed by atoms with Crippen molar-refractivity contribution in [1.29, 1.82) is 0 Å². The van der Waals surface area contributed by atoms with Crippen LogP contribution in [0.5, 0.6) is 0 Å². The zero-order chi connectivity index (χ0) is 17.2. The Balaban J connectivity index is 1.64. The molecule has 5 heteroatoms. The number of carbonyl (C=O) groups is 1. The van der Waals surface area contributed by atoms with Gasteiger partial charge in [0.25, 0.3) is 0 Å². The van der Waals surface area contributed by atoms with Crippen molar-refractivity contribution < 1.29 is 14.3 Å². The third-order valence-corrected chi connectivity index (χ3v) is 4.16. The molecule has 0 fully saturated rings. The molecule has 2 aliphatic rings. The highest BCUT2D eigenvalue weighted by molar-refractivity contribution is 6.08. The predicted octanol–water partition coefficient (Wildman–Crippen LogP) is 3.72. The largest absolute Gasteiger partial charge is 0.465 e. The molecule has 0 saturated heterocycles. The SMILES string of the molecule is O=C(C1=COC=C(C2=CC=CCC2)O1)c1c[nH]c2ccccc2c1=O. The molecule has 0 bridgehead atoms. The Morgan fingerprint density at radius 3 is 2.88 bits per heavy atom. The number of allylic oxidation sites excluding steroid dienone is 5. The van der Waals surface area contributed by atoms with E-state index in [0.29, 0.717) is 16.7 Å². The van der Waals surface area contributed by atoms with Gasteiger partial charge in [0.1, 0.15) is 12.5 Å². The van der Waals surface area contributed by atoms with E-state index in [0.717, 1.165) is 18.4 Å². The minimum atomic E-state index is -0.510. The van der Waals surface area contributed by atoms with E-state index in [-0.39, 0.29) is 16.8 Å². The highest BCUT2D eigenvalue weighted by Crippen LogP contribution is 2.27. The van der Waals surface area contributed by atoms with Crippen molar-refractivity contribution in [2.75, 3.05) is 0 Å². The van der Waals surface area contributed by atoms with Crippen molar-refractivity contribution in [2.45, 2.75) is 12.8 Å². The lowest BCUT2D eigenvalue weighted by atomic mass is 10.0. The fraction of sp³-hybridized carbons (Fsp3) is 0.100. The number of carbonyl (C=O) groups excluding carboxylic acids is 1. The van der Waals surface area contributed by atoms with Crippen molar-refractivity contribution in [3.63, 3.8) is 0 Å². The number of aromatic nitrogens is 1. The van der Waals surface area contributed by atoms with Gasteiger partial charge in [-0.05, 0) is 30.5 Å². The lowest BCUT2D eigenvalue weighted by Crippen LogP contribution is -2.20. The smallest absolute Gasteiger partial charge is 0.236 e. The summed E-state index contributed by atoms with van der Waals surface area (Å²) in [6, 6.07) is 7.05. The van der Waals surface area contributed by atoms with Crippen LogP contribution in [0.15, 0.2) is 83.1 Å². The molecule has 1 aliphatic heterocycles. The first-order valence-electron chi connectivity index (χ1n) is 7.99. The number of Topliss-reactive ketones (excluding diaryl/α,β-unsaturated/α-hetero) is 1. The quantitative estimate of drug-likeness (QED) is 0.869. The highest BCUT2D eigenvalue weighted by atomic mass is 16.5. The average molecular weight is 333 g/mol. The molecule has 1 aromatic carbocycles. The van der Waals surface area contributed by atoms with Gasteiger partial charge in [0.05, 0.1) is 5.56 Å². The van der Waals surface area contributed by atoms with Crippen LogP contribution in [0.3, 0.4) is 0 Å². The fourth-order valence-corrected chi connectivity index (χ4v) is 2.84. The summed E-state index contributed by atoms with van der Waals surface area (Å²) in [4.78, 5) is 28.3. The standard InChI is InChI=1S/C20H15NO4/c22-19-14-8-4-5-9-16(14)21-10-15(19)20(23)18-12-24-11-17(25-18)13-6-2-1-3-7-13/h1-2,4-6,8-12H,3,7H2,(H,21,22).